The predicted octanol–water partition coefficient (Wildman–Crippen LogP) is 3.28. The molecule has 0 amide bonds. The Labute approximate surface area is 88.2 Å². The first-order valence-corrected chi connectivity index (χ1v) is 6.00. The van der Waals surface area contributed by atoms with Gasteiger partial charge in [-0.1, -0.05) is 27.2 Å². The van der Waals surface area contributed by atoms with Crippen LogP contribution in [-0.4, -0.2) is 19.0 Å². The van der Waals surface area contributed by atoms with Crippen molar-refractivity contribution in [1.82, 2.24) is 5.32 Å². The van der Waals surface area contributed by atoms with E-state index in [4.69, 9.17) is 11.6 Å². The molecule has 2 heteroatoms. The summed E-state index contributed by atoms with van der Waals surface area (Å²) in [7, 11) is 0. The van der Waals surface area contributed by atoms with Crippen molar-refractivity contribution in [2.75, 3.05) is 19.0 Å². The third kappa shape index (κ3) is 8.58. The summed E-state index contributed by atoms with van der Waals surface area (Å²) in [5.41, 5.74) is 0. The second-order valence-electron chi connectivity index (χ2n) is 4.12. The van der Waals surface area contributed by atoms with Gasteiger partial charge in [-0.2, -0.15) is 0 Å². The summed E-state index contributed by atoms with van der Waals surface area (Å²) in [6.07, 6.45) is 3.77. The molecule has 0 fully saturated rings. The largest absolute Gasteiger partial charge is 0.316 e. The average Bonchev–Trinajstić information content (AvgIpc) is 2.16. The van der Waals surface area contributed by atoms with Gasteiger partial charge >= 0.3 is 0 Å². The molecule has 0 saturated heterocycles. The Morgan fingerprint density at radius 2 is 1.92 bits per heavy atom. The Morgan fingerprint density at radius 3 is 2.46 bits per heavy atom. The third-order valence-electron chi connectivity index (χ3n) is 2.50. The fourth-order valence-electron chi connectivity index (χ4n) is 1.15. The van der Waals surface area contributed by atoms with E-state index in [1.807, 2.05) is 0 Å². The molecule has 0 heterocycles. The second-order valence-corrected chi connectivity index (χ2v) is 4.43. The van der Waals surface area contributed by atoms with Gasteiger partial charge in [0.25, 0.3) is 0 Å². The first-order chi connectivity index (χ1) is 6.20. The quantitative estimate of drug-likeness (QED) is 0.474. The topological polar surface area (TPSA) is 12.0 Å². The Kier molecular flexibility index (Phi) is 9.00. The maximum absolute atomic E-state index is 5.72. The van der Waals surface area contributed by atoms with Crippen LogP contribution in [0.4, 0.5) is 0 Å². The monoisotopic (exact) mass is 205 g/mol. The Balaban J connectivity index is 3.08. The fourth-order valence-corrected chi connectivity index (χ4v) is 1.30. The van der Waals surface area contributed by atoms with E-state index in [1.54, 1.807) is 0 Å². The van der Waals surface area contributed by atoms with Crippen molar-refractivity contribution < 1.29 is 0 Å². The second kappa shape index (κ2) is 8.83. The molecule has 0 saturated carbocycles. The van der Waals surface area contributed by atoms with Gasteiger partial charge in [0, 0.05) is 5.88 Å². The molecular formula is C11H24ClN. The lowest BCUT2D eigenvalue weighted by Crippen LogP contribution is -2.22. The molecule has 0 aromatic rings. The van der Waals surface area contributed by atoms with Crippen LogP contribution >= 0.6 is 11.6 Å². The smallest absolute Gasteiger partial charge is 0.0249 e. The molecule has 0 bridgehead atoms. The lowest BCUT2D eigenvalue weighted by Gasteiger charge is -2.11. The van der Waals surface area contributed by atoms with Crippen molar-refractivity contribution in [1.29, 1.82) is 0 Å². The SMILES string of the molecule is CCC(C)CNCCCC(C)CCl. The van der Waals surface area contributed by atoms with E-state index in [0.717, 1.165) is 24.9 Å². The van der Waals surface area contributed by atoms with E-state index >= 15 is 0 Å². The Morgan fingerprint density at radius 1 is 1.23 bits per heavy atom. The van der Waals surface area contributed by atoms with Crippen LogP contribution in [0.3, 0.4) is 0 Å². The highest BCUT2D eigenvalue weighted by Gasteiger charge is 2.00. The zero-order chi connectivity index (χ0) is 10.1. The molecule has 0 spiro atoms. The minimum atomic E-state index is 0.673. The molecule has 0 aromatic carbocycles. The summed E-state index contributed by atoms with van der Waals surface area (Å²) in [4.78, 5) is 0. The molecule has 0 radical (unpaired) electrons. The molecule has 13 heavy (non-hydrogen) atoms. The van der Waals surface area contributed by atoms with E-state index in [9.17, 15) is 0 Å². The Hall–Kier alpha value is 0.250. The van der Waals surface area contributed by atoms with Crippen LogP contribution in [0.25, 0.3) is 0 Å². The van der Waals surface area contributed by atoms with Crippen LogP contribution in [0.2, 0.25) is 0 Å². The van der Waals surface area contributed by atoms with Crippen LogP contribution < -0.4 is 5.32 Å². The summed E-state index contributed by atoms with van der Waals surface area (Å²) < 4.78 is 0. The maximum atomic E-state index is 5.72. The molecule has 0 aliphatic heterocycles. The van der Waals surface area contributed by atoms with Crippen LogP contribution in [0.1, 0.15) is 40.0 Å². The molecule has 1 nitrogen and oxygen atoms in total. The van der Waals surface area contributed by atoms with Gasteiger partial charge in [0.1, 0.15) is 0 Å². The highest BCUT2D eigenvalue weighted by atomic mass is 35.5. The maximum Gasteiger partial charge on any atom is 0.0249 e. The molecular weight excluding hydrogens is 182 g/mol. The average molecular weight is 206 g/mol. The molecule has 0 aliphatic rings. The van der Waals surface area contributed by atoms with Gasteiger partial charge in [-0.3, -0.25) is 0 Å². The van der Waals surface area contributed by atoms with Gasteiger partial charge in [0.05, 0.1) is 0 Å². The first kappa shape index (κ1) is 13.2. The molecule has 0 aromatic heterocycles. The van der Waals surface area contributed by atoms with Crippen molar-refractivity contribution in [2.45, 2.75) is 40.0 Å². The van der Waals surface area contributed by atoms with Crippen molar-refractivity contribution in [3.05, 3.63) is 0 Å². The Bertz CT molecular complexity index is 94.3. The van der Waals surface area contributed by atoms with Gasteiger partial charge in [-0.25, -0.2) is 0 Å². The van der Waals surface area contributed by atoms with Crippen molar-refractivity contribution in [3.8, 4) is 0 Å². The standard InChI is InChI=1S/C11H24ClN/c1-4-10(2)9-13-7-5-6-11(3)8-12/h10-11,13H,4-9H2,1-3H3. The molecule has 1 N–H and O–H groups in total. The van der Waals surface area contributed by atoms with Gasteiger partial charge in [0.15, 0.2) is 0 Å². The number of alkyl halides is 1. The third-order valence-corrected chi connectivity index (χ3v) is 3.03. The number of hydrogen-bond acceptors (Lipinski definition) is 1. The molecule has 0 aliphatic carbocycles. The van der Waals surface area contributed by atoms with Crippen molar-refractivity contribution in [3.63, 3.8) is 0 Å². The van der Waals surface area contributed by atoms with Crippen molar-refractivity contribution >= 4 is 11.6 Å². The zero-order valence-electron chi connectivity index (χ0n) is 9.28. The number of nitrogens with one attached hydrogen (secondary N) is 1. The summed E-state index contributed by atoms with van der Waals surface area (Å²) >= 11 is 5.72. The molecule has 2 unspecified atom stereocenters. The fraction of sp³-hybridized carbons (Fsp3) is 1.00. The van der Waals surface area contributed by atoms with Crippen LogP contribution in [0, 0.1) is 11.8 Å². The minimum absolute atomic E-state index is 0.673. The number of hydrogen-bond donors (Lipinski definition) is 1. The van der Waals surface area contributed by atoms with E-state index in [1.165, 1.54) is 19.3 Å². The van der Waals surface area contributed by atoms with Crippen LogP contribution in [0.15, 0.2) is 0 Å². The zero-order valence-corrected chi connectivity index (χ0v) is 10.0. The minimum Gasteiger partial charge on any atom is -0.316 e. The lowest BCUT2D eigenvalue weighted by atomic mass is 10.1. The van der Waals surface area contributed by atoms with Crippen molar-refractivity contribution in [2.24, 2.45) is 11.8 Å². The first-order valence-electron chi connectivity index (χ1n) is 5.47. The predicted molar refractivity (Wildman–Crippen MR) is 61.4 cm³/mol. The normalized spacial score (nSPS) is 15.7. The molecule has 2 atom stereocenters. The van der Waals surface area contributed by atoms with Gasteiger partial charge in [0.2, 0.25) is 0 Å². The van der Waals surface area contributed by atoms with Gasteiger partial charge in [-0.15, -0.1) is 11.6 Å². The highest BCUT2D eigenvalue weighted by molar-refractivity contribution is 6.18. The summed E-state index contributed by atoms with van der Waals surface area (Å²) in [6.45, 7) is 9.04. The summed E-state index contributed by atoms with van der Waals surface area (Å²) in [5.74, 6) is 2.28. The molecule has 0 rings (SSSR count). The van der Waals surface area contributed by atoms with Crippen LogP contribution in [-0.2, 0) is 0 Å². The molecule has 80 valence electrons. The lowest BCUT2D eigenvalue weighted by molar-refractivity contribution is 0.474. The number of halogens is 1. The van der Waals surface area contributed by atoms with E-state index in [2.05, 4.69) is 26.1 Å². The van der Waals surface area contributed by atoms with E-state index < -0.39 is 0 Å². The highest BCUT2D eigenvalue weighted by Crippen LogP contribution is 2.06. The summed E-state index contributed by atoms with van der Waals surface area (Å²) in [5, 5.41) is 3.47. The van der Waals surface area contributed by atoms with E-state index in [-0.39, 0.29) is 0 Å². The van der Waals surface area contributed by atoms with E-state index in [0.29, 0.717) is 5.92 Å². The van der Waals surface area contributed by atoms with Gasteiger partial charge < -0.3 is 5.32 Å². The number of rotatable bonds is 8. The van der Waals surface area contributed by atoms with Gasteiger partial charge in [-0.05, 0) is 37.8 Å². The van der Waals surface area contributed by atoms with Crippen LogP contribution in [0.5, 0.6) is 0 Å². The summed E-state index contributed by atoms with van der Waals surface area (Å²) in [6, 6.07) is 0.